The monoisotopic (exact) mass is 546 g/mol. The number of hydrogen-bond acceptors (Lipinski definition) is 6. The first kappa shape index (κ1) is 26.0. The molecule has 0 amide bonds. The summed E-state index contributed by atoms with van der Waals surface area (Å²) in [6, 6.07) is 25.6. The van der Waals surface area contributed by atoms with Gasteiger partial charge in [0.25, 0.3) is 0 Å². The zero-order valence-electron chi connectivity index (χ0n) is 23.6. The SMILES string of the molecule is c1ccc(CC2CCN(Cc3cnc(N4CCC(Cc5ccccc5)CC4)n4nc(-c5ccco5)nc34)CC2)cc1. The van der Waals surface area contributed by atoms with Crippen molar-refractivity contribution < 1.29 is 4.42 Å². The quantitative estimate of drug-likeness (QED) is 0.228. The second kappa shape index (κ2) is 11.9. The summed E-state index contributed by atoms with van der Waals surface area (Å²) in [5, 5.41) is 4.92. The molecular weight excluding hydrogens is 508 g/mol. The van der Waals surface area contributed by atoms with E-state index in [2.05, 4.69) is 70.5 Å². The zero-order valence-corrected chi connectivity index (χ0v) is 23.6. The van der Waals surface area contributed by atoms with Crippen molar-refractivity contribution >= 4 is 11.6 Å². The standard InChI is InChI=1S/C34H38N6O/c1-3-8-26(9-4-1)22-28-13-17-38(18-14-28)25-30-24-35-34(40-33(30)36-32(37-40)31-12-7-21-41-31)39-19-15-29(16-20-39)23-27-10-5-2-6-11-27/h1-12,21,24,28-29H,13-20,22-23,25H2. The van der Waals surface area contributed by atoms with E-state index >= 15 is 0 Å². The highest BCUT2D eigenvalue weighted by molar-refractivity contribution is 5.58. The molecule has 0 atom stereocenters. The van der Waals surface area contributed by atoms with Crippen molar-refractivity contribution in [2.45, 2.75) is 45.1 Å². The number of nitrogens with zero attached hydrogens (tertiary/aromatic N) is 6. The number of benzene rings is 2. The van der Waals surface area contributed by atoms with E-state index in [0.717, 1.165) is 75.1 Å². The van der Waals surface area contributed by atoms with Crippen LogP contribution in [0, 0.1) is 11.8 Å². The van der Waals surface area contributed by atoms with Gasteiger partial charge in [0.2, 0.25) is 11.8 Å². The lowest BCUT2D eigenvalue weighted by Gasteiger charge is -2.33. The van der Waals surface area contributed by atoms with Gasteiger partial charge in [-0.2, -0.15) is 4.52 Å². The van der Waals surface area contributed by atoms with Crippen LogP contribution >= 0.6 is 0 Å². The minimum atomic E-state index is 0.617. The molecule has 210 valence electrons. The van der Waals surface area contributed by atoms with Crippen LogP contribution in [0.3, 0.4) is 0 Å². The van der Waals surface area contributed by atoms with E-state index < -0.39 is 0 Å². The summed E-state index contributed by atoms with van der Waals surface area (Å²) in [6.07, 6.45) is 10.8. The second-order valence-electron chi connectivity index (χ2n) is 11.8. The maximum atomic E-state index is 5.67. The Morgan fingerprint density at radius 1 is 0.732 bits per heavy atom. The lowest BCUT2D eigenvalue weighted by atomic mass is 9.90. The van der Waals surface area contributed by atoms with Crippen molar-refractivity contribution in [2.75, 3.05) is 31.1 Å². The molecule has 7 heteroatoms. The Bertz CT molecular complexity index is 1530. The van der Waals surface area contributed by atoms with Gasteiger partial charge in [0.05, 0.1) is 6.26 Å². The van der Waals surface area contributed by atoms with Crippen molar-refractivity contribution in [1.82, 2.24) is 24.5 Å². The minimum absolute atomic E-state index is 0.617. The maximum Gasteiger partial charge on any atom is 0.228 e. The first-order valence-corrected chi connectivity index (χ1v) is 15.1. The van der Waals surface area contributed by atoms with Crippen LogP contribution in [0.5, 0.6) is 0 Å². The summed E-state index contributed by atoms with van der Waals surface area (Å²) >= 11 is 0. The molecule has 2 saturated heterocycles. The third-order valence-electron chi connectivity index (χ3n) is 8.89. The lowest BCUT2D eigenvalue weighted by Crippen LogP contribution is -2.36. The highest BCUT2D eigenvalue weighted by Crippen LogP contribution is 2.29. The average molecular weight is 547 g/mol. The Morgan fingerprint density at radius 3 is 1.98 bits per heavy atom. The lowest BCUT2D eigenvalue weighted by molar-refractivity contribution is 0.177. The van der Waals surface area contributed by atoms with Crippen LogP contribution in [0.4, 0.5) is 5.95 Å². The average Bonchev–Trinajstić information content (AvgIpc) is 3.71. The van der Waals surface area contributed by atoms with Crippen LogP contribution < -0.4 is 4.90 Å². The van der Waals surface area contributed by atoms with Crippen LogP contribution in [0.2, 0.25) is 0 Å². The van der Waals surface area contributed by atoms with Crippen LogP contribution in [0.25, 0.3) is 17.2 Å². The molecule has 5 heterocycles. The van der Waals surface area contributed by atoms with Crippen molar-refractivity contribution in [2.24, 2.45) is 11.8 Å². The van der Waals surface area contributed by atoms with E-state index in [9.17, 15) is 0 Å². The van der Waals surface area contributed by atoms with Gasteiger partial charge in [0.15, 0.2) is 11.4 Å². The predicted molar refractivity (Wildman–Crippen MR) is 162 cm³/mol. The van der Waals surface area contributed by atoms with Gasteiger partial charge in [-0.15, -0.1) is 5.10 Å². The predicted octanol–water partition coefficient (Wildman–Crippen LogP) is 6.30. The number of piperidine rings is 2. The molecular formula is C34H38N6O. The third-order valence-corrected chi connectivity index (χ3v) is 8.89. The first-order valence-electron chi connectivity index (χ1n) is 15.1. The van der Waals surface area contributed by atoms with E-state index in [1.54, 1.807) is 6.26 Å². The molecule has 3 aromatic heterocycles. The Labute approximate surface area is 241 Å². The Kier molecular flexibility index (Phi) is 7.52. The first-order chi connectivity index (χ1) is 20.3. The Morgan fingerprint density at radius 2 is 1.37 bits per heavy atom. The second-order valence-corrected chi connectivity index (χ2v) is 11.8. The molecule has 0 spiro atoms. The molecule has 0 bridgehead atoms. The maximum absolute atomic E-state index is 5.67. The molecule has 0 N–H and O–H groups in total. The summed E-state index contributed by atoms with van der Waals surface area (Å²) in [4.78, 5) is 14.9. The number of rotatable bonds is 8. The summed E-state index contributed by atoms with van der Waals surface area (Å²) in [5.41, 5.74) is 4.89. The van der Waals surface area contributed by atoms with Crippen molar-refractivity contribution in [3.63, 3.8) is 0 Å². The van der Waals surface area contributed by atoms with Crippen LogP contribution in [0.1, 0.15) is 42.4 Å². The third kappa shape index (κ3) is 5.91. The number of likely N-dealkylation sites (tertiary alicyclic amines) is 1. The fourth-order valence-corrected chi connectivity index (χ4v) is 6.57. The number of hydrogen-bond donors (Lipinski definition) is 0. The van der Waals surface area contributed by atoms with Gasteiger partial charge in [-0.25, -0.2) is 9.97 Å². The highest BCUT2D eigenvalue weighted by atomic mass is 16.3. The smallest absolute Gasteiger partial charge is 0.228 e. The van der Waals surface area contributed by atoms with Crippen LogP contribution in [0.15, 0.2) is 89.7 Å². The topological polar surface area (TPSA) is 62.7 Å². The molecule has 5 aromatic rings. The van der Waals surface area contributed by atoms with Crippen molar-refractivity contribution in [3.05, 3.63) is 102 Å². The fraction of sp³-hybridized carbons (Fsp3) is 0.382. The van der Waals surface area contributed by atoms with E-state index in [0.29, 0.717) is 17.5 Å². The molecule has 7 nitrogen and oxygen atoms in total. The minimum Gasteiger partial charge on any atom is -0.461 e. The van der Waals surface area contributed by atoms with Gasteiger partial charge >= 0.3 is 0 Å². The molecule has 41 heavy (non-hydrogen) atoms. The van der Waals surface area contributed by atoms with E-state index in [1.807, 2.05) is 22.8 Å². The zero-order chi connectivity index (χ0) is 27.4. The molecule has 2 aliphatic rings. The molecule has 2 aromatic carbocycles. The number of fused-ring (bicyclic) bond motifs is 1. The normalized spacial score (nSPS) is 17.4. The van der Waals surface area contributed by atoms with Gasteiger partial charge < -0.3 is 9.32 Å². The number of furan rings is 1. The van der Waals surface area contributed by atoms with Crippen molar-refractivity contribution in [3.8, 4) is 11.6 Å². The largest absolute Gasteiger partial charge is 0.461 e. The molecule has 7 rings (SSSR count). The fourth-order valence-electron chi connectivity index (χ4n) is 6.57. The van der Waals surface area contributed by atoms with Crippen LogP contribution in [-0.2, 0) is 19.4 Å². The van der Waals surface area contributed by atoms with Gasteiger partial charge in [-0.1, -0.05) is 60.7 Å². The van der Waals surface area contributed by atoms with Gasteiger partial charge in [0, 0.05) is 31.4 Å². The van der Waals surface area contributed by atoms with Gasteiger partial charge in [-0.05, 0) is 86.7 Å². The summed E-state index contributed by atoms with van der Waals surface area (Å²) < 4.78 is 7.64. The summed E-state index contributed by atoms with van der Waals surface area (Å²) in [7, 11) is 0. The van der Waals surface area contributed by atoms with E-state index in [1.165, 1.54) is 30.4 Å². The summed E-state index contributed by atoms with van der Waals surface area (Å²) in [6.45, 7) is 4.98. The molecule has 0 radical (unpaired) electrons. The molecule has 2 fully saturated rings. The van der Waals surface area contributed by atoms with Crippen molar-refractivity contribution in [1.29, 1.82) is 0 Å². The van der Waals surface area contributed by atoms with Gasteiger partial charge in [-0.3, -0.25) is 4.90 Å². The molecule has 2 aliphatic heterocycles. The van der Waals surface area contributed by atoms with Crippen LogP contribution in [-0.4, -0.2) is 50.7 Å². The van der Waals surface area contributed by atoms with E-state index in [-0.39, 0.29) is 0 Å². The van der Waals surface area contributed by atoms with Gasteiger partial charge in [0.1, 0.15) is 0 Å². The highest BCUT2D eigenvalue weighted by Gasteiger charge is 2.26. The Hall–Kier alpha value is -3.97. The number of aromatic nitrogens is 4. The molecule has 0 saturated carbocycles. The Balaban J connectivity index is 1.07. The summed E-state index contributed by atoms with van der Waals surface area (Å²) in [5.74, 6) is 3.63. The molecule has 0 unspecified atom stereocenters. The van der Waals surface area contributed by atoms with E-state index in [4.69, 9.17) is 19.5 Å². The number of anilines is 1. The molecule has 0 aliphatic carbocycles.